The van der Waals surface area contributed by atoms with Gasteiger partial charge in [0.05, 0.1) is 12.2 Å². The first-order valence-corrected chi connectivity index (χ1v) is 6.46. The number of rotatable bonds is 8. The zero-order chi connectivity index (χ0) is 11.9. The second-order valence-electron chi connectivity index (χ2n) is 4.25. The summed E-state index contributed by atoms with van der Waals surface area (Å²) in [7, 11) is 1.69. The molecule has 1 atom stereocenters. The standard InChI is InChI=1S/C12H21NO2S/c1-12(14,5-6-13-7-8-15-2)10-11-4-3-9-16-11/h3-4,9,13-14H,5-8,10H2,1-2H3. The minimum atomic E-state index is -0.620. The molecule has 16 heavy (non-hydrogen) atoms. The van der Waals surface area contributed by atoms with Crippen LogP contribution in [0.2, 0.25) is 0 Å². The molecule has 0 saturated carbocycles. The Morgan fingerprint density at radius 3 is 2.94 bits per heavy atom. The highest BCUT2D eigenvalue weighted by atomic mass is 32.1. The maximum Gasteiger partial charge on any atom is 0.0679 e. The third kappa shape index (κ3) is 5.61. The zero-order valence-corrected chi connectivity index (χ0v) is 10.8. The fourth-order valence-corrected chi connectivity index (χ4v) is 2.42. The van der Waals surface area contributed by atoms with Crippen molar-refractivity contribution in [2.45, 2.75) is 25.4 Å². The molecule has 0 bridgehead atoms. The molecule has 92 valence electrons. The Balaban J connectivity index is 2.18. The number of hydrogen-bond donors (Lipinski definition) is 2. The van der Waals surface area contributed by atoms with Crippen LogP contribution in [0, 0.1) is 0 Å². The molecule has 2 N–H and O–H groups in total. The average molecular weight is 243 g/mol. The monoisotopic (exact) mass is 243 g/mol. The van der Waals surface area contributed by atoms with Crippen molar-refractivity contribution in [3.63, 3.8) is 0 Å². The molecule has 0 aliphatic rings. The summed E-state index contributed by atoms with van der Waals surface area (Å²) in [4.78, 5) is 1.24. The highest BCUT2D eigenvalue weighted by Gasteiger charge is 2.20. The predicted molar refractivity (Wildman–Crippen MR) is 68.0 cm³/mol. The van der Waals surface area contributed by atoms with E-state index in [2.05, 4.69) is 11.4 Å². The van der Waals surface area contributed by atoms with Gasteiger partial charge in [-0.1, -0.05) is 6.07 Å². The smallest absolute Gasteiger partial charge is 0.0679 e. The highest BCUT2D eigenvalue weighted by molar-refractivity contribution is 7.09. The topological polar surface area (TPSA) is 41.5 Å². The van der Waals surface area contributed by atoms with Crippen LogP contribution in [-0.2, 0) is 11.2 Å². The van der Waals surface area contributed by atoms with E-state index < -0.39 is 5.60 Å². The van der Waals surface area contributed by atoms with E-state index in [1.165, 1.54) is 4.88 Å². The summed E-state index contributed by atoms with van der Waals surface area (Å²) < 4.78 is 4.94. The van der Waals surface area contributed by atoms with E-state index in [1.54, 1.807) is 18.4 Å². The lowest BCUT2D eigenvalue weighted by Gasteiger charge is -2.22. The van der Waals surface area contributed by atoms with E-state index in [-0.39, 0.29) is 0 Å². The number of methoxy groups -OCH3 is 1. The first-order chi connectivity index (χ1) is 7.64. The van der Waals surface area contributed by atoms with E-state index in [0.29, 0.717) is 6.61 Å². The molecule has 0 fully saturated rings. The summed E-state index contributed by atoms with van der Waals surface area (Å²) in [5.41, 5.74) is -0.620. The van der Waals surface area contributed by atoms with Crippen molar-refractivity contribution in [3.8, 4) is 0 Å². The molecule has 3 nitrogen and oxygen atoms in total. The normalized spacial score (nSPS) is 14.9. The van der Waals surface area contributed by atoms with Gasteiger partial charge in [-0.25, -0.2) is 0 Å². The number of thiophene rings is 1. The fraction of sp³-hybridized carbons (Fsp3) is 0.667. The summed E-state index contributed by atoms with van der Waals surface area (Å²) >= 11 is 1.70. The van der Waals surface area contributed by atoms with Gasteiger partial charge in [0, 0.05) is 25.0 Å². The van der Waals surface area contributed by atoms with Crippen LogP contribution in [0.1, 0.15) is 18.2 Å². The van der Waals surface area contributed by atoms with Gasteiger partial charge in [-0.05, 0) is 31.3 Å². The van der Waals surface area contributed by atoms with Gasteiger partial charge in [0.25, 0.3) is 0 Å². The number of aliphatic hydroxyl groups is 1. The van der Waals surface area contributed by atoms with Crippen LogP contribution in [0.3, 0.4) is 0 Å². The van der Waals surface area contributed by atoms with Crippen LogP contribution < -0.4 is 5.32 Å². The summed E-state index contributed by atoms with van der Waals surface area (Å²) in [5, 5.41) is 15.5. The Morgan fingerprint density at radius 1 is 1.50 bits per heavy atom. The molecule has 4 heteroatoms. The van der Waals surface area contributed by atoms with Crippen LogP contribution in [-0.4, -0.2) is 37.5 Å². The lowest BCUT2D eigenvalue weighted by molar-refractivity contribution is 0.0518. The van der Waals surface area contributed by atoms with E-state index >= 15 is 0 Å². The molecule has 0 radical (unpaired) electrons. The number of ether oxygens (including phenoxy) is 1. The van der Waals surface area contributed by atoms with Crippen molar-refractivity contribution in [1.29, 1.82) is 0 Å². The molecule has 1 aromatic rings. The van der Waals surface area contributed by atoms with Gasteiger partial charge in [0.2, 0.25) is 0 Å². The van der Waals surface area contributed by atoms with Crippen molar-refractivity contribution in [1.82, 2.24) is 5.32 Å². The largest absolute Gasteiger partial charge is 0.390 e. The summed E-state index contributed by atoms with van der Waals surface area (Å²) in [5.74, 6) is 0. The Morgan fingerprint density at radius 2 is 2.31 bits per heavy atom. The molecule has 1 rings (SSSR count). The minimum Gasteiger partial charge on any atom is -0.390 e. The lowest BCUT2D eigenvalue weighted by Crippen LogP contribution is -2.32. The predicted octanol–water partition coefficient (Wildman–Crippen LogP) is 1.67. The van der Waals surface area contributed by atoms with Crippen LogP contribution in [0.5, 0.6) is 0 Å². The first-order valence-electron chi connectivity index (χ1n) is 5.58. The van der Waals surface area contributed by atoms with E-state index in [9.17, 15) is 5.11 Å². The minimum absolute atomic E-state index is 0.620. The van der Waals surface area contributed by atoms with Crippen molar-refractivity contribution in [2.24, 2.45) is 0 Å². The number of hydrogen-bond acceptors (Lipinski definition) is 4. The summed E-state index contributed by atoms with van der Waals surface area (Å²) in [6, 6.07) is 4.09. The van der Waals surface area contributed by atoms with E-state index in [1.807, 2.05) is 18.4 Å². The number of nitrogens with one attached hydrogen (secondary N) is 1. The molecular formula is C12H21NO2S. The molecule has 0 aromatic carbocycles. The van der Waals surface area contributed by atoms with E-state index in [4.69, 9.17) is 4.74 Å². The molecule has 0 amide bonds. The van der Waals surface area contributed by atoms with E-state index in [0.717, 1.165) is 25.9 Å². The maximum atomic E-state index is 10.2. The molecule has 0 saturated heterocycles. The Kier molecular flexibility index (Phi) is 5.98. The van der Waals surface area contributed by atoms with Gasteiger partial charge in [-0.2, -0.15) is 0 Å². The summed E-state index contributed by atoms with van der Waals surface area (Å²) in [6.45, 7) is 4.27. The van der Waals surface area contributed by atoms with Crippen LogP contribution in [0.25, 0.3) is 0 Å². The third-order valence-electron chi connectivity index (χ3n) is 2.46. The average Bonchev–Trinajstić information content (AvgIpc) is 2.69. The Bertz CT molecular complexity index is 273. The quantitative estimate of drug-likeness (QED) is 0.682. The molecule has 1 heterocycles. The SMILES string of the molecule is COCCNCCC(C)(O)Cc1cccs1. The van der Waals surface area contributed by atoms with Gasteiger partial charge in [-0.15, -0.1) is 11.3 Å². The molecule has 0 aliphatic carbocycles. The second-order valence-corrected chi connectivity index (χ2v) is 5.28. The maximum absolute atomic E-state index is 10.2. The first kappa shape index (κ1) is 13.6. The fourth-order valence-electron chi connectivity index (χ4n) is 1.53. The van der Waals surface area contributed by atoms with Gasteiger partial charge in [0.1, 0.15) is 0 Å². The van der Waals surface area contributed by atoms with Crippen molar-refractivity contribution in [3.05, 3.63) is 22.4 Å². The molecule has 1 aromatic heterocycles. The summed E-state index contributed by atoms with van der Waals surface area (Å²) in [6.07, 6.45) is 1.49. The van der Waals surface area contributed by atoms with Crippen LogP contribution in [0.15, 0.2) is 17.5 Å². The highest BCUT2D eigenvalue weighted by Crippen LogP contribution is 2.19. The Hall–Kier alpha value is -0.420. The van der Waals surface area contributed by atoms with Crippen molar-refractivity contribution >= 4 is 11.3 Å². The molecule has 0 aliphatic heterocycles. The lowest BCUT2D eigenvalue weighted by atomic mass is 9.97. The van der Waals surface area contributed by atoms with Gasteiger partial charge < -0.3 is 15.2 Å². The second kappa shape index (κ2) is 7.01. The molecule has 0 spiro atoms. The zero-order valence-electron chi connectivity index (χ0n) is 10.0. The van der Waals surface area contributed by atoms with Crippen LogP contribution in [0.4, 0.5) is 0 Å². The van der Waals surface area contributed by atoms with Crippen molar-refractivity contribution < 1.29 is 9.84 Å². The molecular weight excluding hydrogens is 222 g/mol. The van der Waals surface area contributed by atoms with Gasteiger partial charge >= 0.3 is 0 Å². The third-order valence-corrected chi connectivity index (χ3v) is 3.33. The van der Waals surface area contributed by atoms with Crippen molar-refractivity contribution in [2.75, 3.05) is 26.8 Å². The van der Waals surface area contributed by atoms with Crippen LogP contribution >= 0.6 is 11.3 Å². The van der Waals surface area contributed by atoms with Gasteiger partial charge in [-0.3, -0.25) is 0 Å². The Labute approximate surface area is 101 Å². The van der Waals surface area contributed by atoms with Gasteiger partial charge in [0.15, 0.2) is 0 Å². The molecule has 1 unspecified atom stereocenters.